The summed E-state index contributed by atoms with van der Waals surface area (Å²) >= 11 is 0. The summed E-state index contributed by atoms with van der Waals surface area (Å²) in [5.74, 6) is 2.58. The molecule has 0 radical (unpaired) electrons. The quantitative estimate of drug-likeness (QED) is 0.0305. The summed E-state index contributed by atoms with van der Waals surface area (Å²) in [6.45, 7) is 4.56. The van der Waals surface area contributed by atoms with Crippen molar-refractivity contribution in [2.75, 3.05) is 0 Å². The highest BCUT2D eigenvalue weighted by Crippen LogP contribution is 2.53. The average Bonchev–Trinajstić information content (AvgIpc) is 3.75. The molecule has 80 heavy (non-hydrogen) atoms. The third-order valence-corrected chi connectivity index (χ3v) is 17.4. The number of imidazole rings is 2. The van der Waals surface area contributed by atoms with Crippen LogP contribution in [0, 0.1) is 0 Å². The maximum atomic E-state index is 15.4. The van der Waals surface area contributed by atoms with E-state index in [9.17, 15) is 4.79 Å². The predicted octanol–water partition coefficient (Wildman–Crippen LogP) is 19.8. The van der Waals surface area contributed by atoms with Crippen molar-refractivity contribution in [3.8, 4) is 23.0 Å². The van der Waals surface area contributed by atoms with Crippen LogP contribution in [0.25, 0.3) is 98.0 Å². The summed E-state index contributed by atoms with van der Waals surface area (Å²) in [5, 5.41) is 9.76. The lowest BCUT2D eigenvalue weighted by molar-refractivity contribution is 0.488. The Morgan fingerprint density at radius 3 is 1.21 bits per heavy atom. The SMILES string of the molecule is CCCCCCCCCCCCc1ccc(Oc2cc3c(=O)n4c5ccccc5nc4c4cc(Oc5ccc(CCCCCCCCCCCC)cc5)c5c6ccc7c(=O)n8c9ccccc9nc8c8ccc(c2c5c34)c6c78)cc1. The Hall–Kier alpha value is -7.84. The van der Waals surface area contributed by atoms with Crippen LogP contribution < -0.4 is 20.6 Å². The second-order valence-electron chi connectivity index (χ2n) is 22.9. The standard InChI is InChI=1S/C72H72N4O4/c1-3-5-7-9-11-13-15-17-19-21-27-47-33-37-49(38-34-47)79-61-45-55-65-56(72(78)76-60-32-26-24-30-58(60)74-70(55)76)46-62(80-50-39-35-48(36-40-50)28-22-20-18-16-14-12-10-8-6-4-2)67-51-41-43-53-64-54(44-42-52(63(51)64)66(61)68(65)67)71(77)75-59-31-25-23-29-57(59)73-69(53)75/h23-26,29-46H,3-22,27-28H2,1-2H3. The van der Waals surface area contributed by atoms with Crippen LogP contribution in [-0.4, -0.2) is 18.8 Å². The first-order valence-corrected chi connectivity index (χ1v) is 30.4. The Morgan fingerprint density at radius 2 is 0.725 bits per heavy atom. The van der Waals surface area contributed by atoms with Gasteiger partial charge in [0, 0.05) is 43.1 Å². The van der Waals surface area contributed by atoms with Gasteiger partial charge < -0.3 is 9.47 Å². The maximum Gasteiger partial charge on any atom is 0.264 e. The molecule has 0 saturated heterocycles. The van der Waals surface area contributed by atoms with E-state index in [0.29, 0.717) is 45.1 Å². The minimum absolute atomic E-state index is 0.117. The second-order valence-corrected chi connectivity index (χ2v) is 22.9. The summed E-state index contributed by atoms with van der Waals surface area (Å²) in [4.78, 5) is 40.6. The number of fused-ring (bicyclic) bond motifs is 10. The summed E-state index contributed by atoms with van der Waals surface area (Å²) in [6, 6.07) is 45.1. The molecule has 0 saturated carbocycles. The Bertz CT molecular complexity index is 4420. The van der Waals surface area contributed by atoms with Gasteiger partial charge in [-0.1, -0.05) is 190 Å². The van der Waals surface area contributed by atoms with Gasteiger partial charge >= 0.3 is 0 Å². The van der Waals surface area contributed by atoms with Crippen LogP contribution in [0.1, 0.15) is 153 Å². The van der Waals surface area contributed by atoms with Gasteiger partial charge in [0.1, 0.15) is 34.3 Å². The van der Waals surface area contributed by atoms with Gasteiger partial charge in [0.25, 0.3) is 11.1 Å². The van der Waals surface area contributed by atoms with Gasteiger partial charge in [-0.2, -0.15) is 0 Å². The zero-order valence-corrected chi connectivity index (χ0v) is 46.7. The van der Waals surface area contributed by atoms with Crippen LogP contribution in [0.2, 0.25) is 0 Å². The molecule has 4 aromatic heterocycles. The van der Waals surface area contributed by atoms with Gasteiger partial charge in [-0.05, 0) is 126 Å². The molecule has 4 heterocycles. The highest BCUT2D eigenvalue weighted by molar-refractivity contribution is 6.42. The van der Waals surface area contributed by atoms with Crippen molar-refractivity contribution < 1.29 is 9.47 Å². The van der Waals surface area contributed by atoms with E-state index in [2.05, 4.69) is 86.6 Å². The van der Waals surface area contributed by atoms with Crippen molar-refractivity contribution in [3.05, 3.63) is 165 Å². The largest absolute Gasteiger partial charge is 0.457 e. The first-order chi connectivity index (χ1) is 39.5. The first kappa shape index (κ1) is 51.6. The lowest BCUT2D eigenvalue weighted by Crippen LogP contribution is -2.14. The number of unbranched alkanes of at least 4 members (excludes halogenated alkanes) is 18. The van der Waals surface area contributed by atoms with Crippen LogP contribution in [0.3, 0.4) is 0 Å². The molecule has 0 fully saturated rings. The Labute approximate surface area is 467 Å². The molecule has 0 aliphatic carbocycles. The van der Waals surface area contributed by atoms with E-state index in [-0.39, 0.29) is 11.1 Å². The van der Waals surface area contributed by atoms with Gasteiger partial charge in [0.15, 0.2) is 0 Å². The number of aryl methyl sites for hydroxylation is 2. The van der Waals surface area contributed by atoms with Crippen LogP contribution >= 0.6 is 0 Å². The van der Waals surface area contributed by atoms with Crippen LogP contribution in [0.15, 0.2) is 143 Å². The number of nitrogens with zero attached hydrogens (tertiary/aromatic N) is 4. The Morgan fingerprint density at radius 1 is 0.350 bits per heavy atom. The molecule has 0 aliphatic rings. The van der Waals surface area contributed by atoms with Crippen molar-refractivity contribution in [1.29, 1.82) is 0 Å². The van der Waals surface area contributed by atoms with Crippen LogP contribution in [0.5, 0.6) is 23.0 Å². The van der Waals surface area contributed by atoms with Crippen molar-refractivity contribution in [3.63, 3.8) is 0 Å². The number of rotatable bonds is 26. The van der Waals surface area contributed by atoms with Crippen LogP contribution in [0.4, 0.5) is 0 Å². The van der Waals surface area contributed by atoms with Crippen LogP contribution in [-0.2, 0) is 12.8 Å². The molecule has 8 heteroatoms. The number of hydrogen-bond acceptors (Lipinski definition) is 6. The van der Waals surface area contributed by atoms with E-state index in [1.54, 1.807) is 8.80 Å². The monoisotopic (exact) mass is 1060 g/mol. The summed E-state index contributed by atoms with van der Waals surface area (Å²) in [6.07, 6.45) is 28.2. The fourth-order valence-electron chi connectivity index (χ4n) is 13.3. The van der Waals surface area contributed by atoms with Gasteiger partial charge in [-0.15, -0.1) is 0 Å². The molecule has 0 unspecified atom stereocenters. The van der Waals surface area contributed by atoms with Crippen molar-refractivity contribution >= 4 is 98.0 Å². The molecule has 0 bridgehead atoms. The van der Waals surface area contributed by atoms with E-state index < -0.39 is 0 Å². The second kappa shape index (κ2) is 22.7. The first-order valence-electron chi connectivity index (χ1n) is 30.4. The lowest BCUT2D eigenvalue weighted by Gasteiger charge is -2.22. The van der Waals surface area contributed by atoms with E-state index in [0.717, 1.165) is 95.2 Å². The normalized spacial score (nSPS) is 12.3. The van der Waals surface area contributed by atoms with E-state index in [4.69, 9.17) is 19.4 Å². The number of para-hydroxylation sites is 4. The molecular weight excluding hydrogens is 985 g/mol. The fraction of sp³-hybridized carbons (Fsp3) is 0.333. The molecule has 0 atom stereocenters. The molecule has 9 aromatic carbocycles. The number of hydrogen-bond donors (Lipinski definition) is 0. The highest BCUT2D eigenvalue weighted by atomic mass is 16.5. The number of benzene rings is 9. The zero-order valence-electron chi connectivity index (χ0n) is 46.7. The van der Waals surface area contributed by atoms with Gasteiger partial charge in [-0.25, -0.2) is 9.97 Å². The smallest absolute Gasteiger partial charge is 0.264 e. The fourth-order valence-corrected chi connectivity index (χ4v) is 13.3. The highest BCUT2D eigenvalue weighted by Gasteiger charge is 2.29. The Balaban J connectivity index is 0.938. The minimum atomic E-state index is -0.164. The van der Waals surface area contributed by atoms with Crippen molar-refractivity contribution in [1.82, 2.24) is 18.8 Å². The van der Waals surface area contributed by atoms with Gasteiger partial charge in [0.05, 0.1) is 27.5 Å². The minimum Gasteiger partial charge on any atom is -0.457 e. The van der Waals surface area contributed by atoms with E-state index >= 15 is 4.79 Å². The predicted molar refractivity (Wildman–Crippen MR) is 334 cm³/mol. The Kier molecular flexibility index (Phi) is 14.7. The molecule has 8 nitrogen and oxygen atoms in total. The average molecular weight is 1060 g/mol. The van der Waals surface area contributed by atoms with E-state index in [1.807, 2.05) is 60.7 Å². The number of aromatic nitrogens is 4. The molecule has 0 aliphatic heterocycles. The molecule has 0 amide bonds. The summed E-state index contributed by atoms with van der Waals surface area (Å²) < 4.78 is 17.9. The molecular formula is C72H72N4O4. The van der Waals surface area contributed by atoms with Gasteiger partial charge in [-0.3, -0.25) is 18.4 Å². The number of pyridine rings is 2. The number of ether oxygens (including phenoxy) is 2. The van der Waals surface area contributed by atoms with Crippen molar-refractivity contribution in [2.24, 2.45) is 0 Å². The molecule has 13 aromatic rings. The topological polar surface area (TPSA) is 87.2 Å². The summed E-state index contributed by atoms with van der Waals surface area (Å²) in [5.41, 5.74) is 6.52. The lowest BCUT2D eigenvalue weighted by atomic mass is 9.85. The molecule has 13 rings (SSSR count). The zero-order chi connectivity index (χ0) is 54.1. The molecule has 0 spiro atoms. The molecule has 404 valence electrons. The maximum absolute atomic E-state index is 15.4. The molecule has 0 N–H and O–H groups in total. The third kappa shape index (κ3) is 9.48. The van der Waals surface area contributed by atoms with E-state index in [1.165, 1.54) is 133 Å². The third-order valence-electron chi connectivity index (χ3n) is 17.4. The summed E-state index contributed by atoms with van der Waals surface area (Å²) in [7, 11) is 0. The van der Waals surface area contributed by atoms with Crippen molar-refractivity contribution in [2.45, 2.75) is 155 Å². The van der Waals surface area contributed by atoms with Gasteiger partial charge in [0.2, 0.25) is 0 Å².